The number of nitrogens with one attached hydrogen (secondary N) is 1. The van der Waals surface area contributed by atoms with Gasteiger partial charge in [0.25, 0.3) is 0 Å². The summed E-state index contributed by atoms with van der Waals surface area (Å²) in [5.41, 5.74) is 0. The number of aliphatic carboxylic acids is 1. The number of carboxylic acid groups (broad SMARTS) is 1. The molecule has 0 radical (unpaired) electrons. The Morgan fingerprint density at radius 2 is 2.10 bits per heavy atom. The molecule has 0 saturated heterocycles. The number of hydrogen-bond donors (Lipinski definition) is 2. The minimum Gasteiger partial charge on any atom is -0.481 e. The summed E-state index contributed by atoms with van der Waals surface area (Å²) in [5.74, 6) is 0.465. The van der Waals surface area contributed by atoms with Crippen LogP contribution in [0.15, 0.2) is 4.52 Å². The molecule has 0 bridgehead atoms. The maximum Gasteiger partial charge on any atom is 0.303 e. The molecule has 1 aromatic heterocycles. The molecule has 0 spiro atoms. The van der Waals surface area contributed by atoms with Gasteiger partial charge in [0.15, 0.2) is 5.82 Å². The van der Waals surface area contributed by atoms with Crippen molar-refractivity contribution < 1.29 is 19.2 Å². The monoisotopic (exact) mass is 283 g/mol. The van der Waals surface area contributed by atoms with E-state index in [0.717, 1.165) is 6.42 Å². The lowest BCUT2D eigenvalue weighted by molar-refractivity contribution is -0.137. The zero-order valence-corrected chi connectivity index (χ0v) is 11.9. The Labute approximate surface area is 117 Å². The Kier molecular flexibility index (Phi) is 6.69. The van der Waals surface area contributed by atoms with Crippen LogP contribution in [0, 0.1) is 12.8 Å². The van der Waals surface area contributed by atoms with Gasteiger partial charge in [0.2, 0.25) is 11.8 Å². The van der Waals surface area contributed by atoms with Crippen LogP contribution in [0.1, 0.15) is 44.3 Å². The van der Waals surface area contributed by atoms with Crippen molar-refractivity contribution in [1.82, 2.24) is 15.5 Å². The second-order valence-corrected chi connectivity index (χ2v) is 4.91. The average molecular weight is 283 g/mol. The average Bonchev–Trinajstić information content (AvgIpc) is 2.80. The van der Waals surface area contributed by atoms with Crippen molar-refractivity contribution in [2.45, 2.75) is 46.0 Å². The fourth-order valence-electron chi connectivity index (χ4n) is 1.72. The molecular formula is C13H21N3O4. The van der Waals surface area contributed by atoms with Gasteiger partial charge >= 0.3 is 5.97 Å². The summed E-state index contributed by atoms with van der Waals surface area (Å²) in [7, 11) is 0. The third-order valence-corrected chi connectivity index (χ3v) is 2.95. The number of nitrogens with zero attached hydrogens (tertiary/aromatic N) is 2. The number of carboxylic acids is 1. The minimum atomic E-state index is -0.782. The number of carbonyl (C=O) groups is 2. The molecule has 1 rings (SSSR count). The van der Waals surface area contributed by atoms with Crippen LogP contribution in [0.3, 0.4) is 0 Å². The normalized spacial score (nSPS) is 12.1. The van der Waals surface area contributed by atoms with Crippen LogP contribution >= 0.6 is 0 Å². The Bertz CT molecular complexity index is 445. The first-order chi connectivity index (χ1) is 9.47. The van der Waals surface area contributed by atoms with Gasteiger partial charge in [-0.3, -0.25) is 9.59 Å². The maximum atomic E-state index is 11.6. The molecule has 1 unspecified atom stereocenters. The number of rotatable bonds is 9. The summed E-state index contributed by atoms with van der Waals surface area (Å²) in [4.78, 5) is 26.0. The van der Waals surface area contributed by atoms with Crippen LogP contribution in [0.4, 0.5) is 0 Å². The number of hydrogen-bond acceptors (Lipinski definition) is 5. The lowest BCUT2D eigenvalue weighted by Gasteiger charge is -2.10. The van der Waals surface area contributed by atoms with Gasteiger partial charge in [0.05, 0.1) is 0 Å². The molecule has 0 aromatic carbocycles. The summed E-state index contributed by atoms with van der Waals surface area (Å²) in [6.07, 6.45) is 2.32. The summed E-state index contributed by atoms with van der Waals surface area (Å²) < 4.78 is 4.92. The smallest absolute Gasteiger partial charge is 0.303 e. The van der Waals surface area contributed by atoms with Crippen molar-refractivity contribution in [3.05, 3.63) is 11.7 Å². The molecule has 1 heterocycles. The highest BCUT2D eigenvalue weighted by atomic mass is 16.5. The molecule has 1 atom stereocenters. The van der Waals surface area contributed by atoms with Crippen molar-refractivity contribution in [3.63, 3.8) is 0 Å². The van der Waals surface area contributed by atoms with Gasteiger partial charge in [-0.1, -0.05) is 12.1 Å². The number of aryl methyl sites for hydroxylation is 2. The molecule has 1 aromatic rings. The van der Waals surface area contributed by atoms with E-state index in [9.17, 15) is 9.59 Å². The predicted octanol–water partition coefficient (Wildman–Crippen LogP) is 1.32. The second-order valence-electron chi connectivity index (χ2n) is 4.91. The molecule has 0 fully saturated rings. The van der Waals surface area contributed by atoms with Crippen LogP contribution in [-0.2, 0) is 16.0 Å². The van der Waals surface area contributed by atoms with Crippen LogP contribution in [0.2, 0.25) is 0 Å². The van der Waals surface area contributed by atoms with Gasteiger partial charge < -0.3 is 14.9 Å². The molecule has 7 heteroatoms. The third-order valence-electron chi connectivity index (χ3n) is 2.95. The fraction of sp³-hybridized carbons (Fsp3) is 0.692. The first-order valence-electron chi connectivity index (χ1n) is 6.75. The minimum absolute atomic E-state index is 0.0636. The largest absolute Gasteiger partial charge is 0.481 e. The molecule has 0 aliphatic heterocycles. The van der Waals surface area contributed by atoms with Gasteiger partial charge in [-0.25, -0.2) is 0 Å². The van der Waals surface area contributed by atoms with E-state index in [1.807, 2.05) is 6.92 Å². The first kappa shape index (κ1) is 16.1. The highest BCUT2D eigenvalue weighted by Gasteiger charge is 2.09. The zero-order chi connectivity index (χ0) is 15.0. The van der Waals surface area contributed by atoms with E-state index < -0.39 is 5.97 Å². The molecule has 0 saturated carbocycles. The van der Waals surface area contributed by atoms with Crippen molar-refractivity contribution in [2.75, 3.05) is 6.54 Å². The molecular weight excluding hydrogens is 262 g/mol. The van der Waals surface area contributed by atoms with Gasteiger partial charge in [0, 0.05) is 25.8 Å². The summed E-state index contributed by atoms with van der Waals surface area (Å²) in [5, 5.41) is 15.0. The van der Waals surface area contributed by atoms with E-state index in [0.29, 0.717) is 37.5 Å². The van der Waals surface area contributed by atoms with Crippen LogP contribution in [0.5, 0.6) is 0 Å². The standard InChI is InChI=1S/C13H21N3O4/c1-9(3-6-13(18)19)7-8-14-11(17)4-5-12-15-10(2)16-20-12/h9H,3-8H2,1-2H3,(H,14,17)(H,18,19). The van der Waals surface area contributed by atoms with E-state index >= 15 is 0 Å². The van der Waals surface area contributed by atoms with E-state index in [2.05, 4.69) is 15.5 Å². The lowest BCUT2D eigenvalue weighted by atomic mass is 10.0. The van der Waals surface area contributed by atoms with E-state index in [1.54, 1.807) is 6.92 Å². The van der Waals surface area contributed by atoms with Crippen LogP contribution in [-0.4, -0.2) is 33.7 Å². The fourth-order valence-corrected chi connectivity index (χ4v) is 1.72. The number of aromatic nitrogens is 2. The van der Waals surface area contributed by atoms with Gasteiger partial charge in [-0.15, -0.1) is 0 Å². The maximum absolute atomic E-state index is 11.6. The highest BCUT2D eigenvalue weighted by Crippen LogP contribution is 2.09. The SMILES string of the molecule is Cc1noc(CCC(=O)NCCC(C)CCC(=O)O)n1. The van der Waals surface area contributed by atoms with Crippen molar-refractivity contribution in [3.8, 4) is 0 Å². The Morgan fingerprint density at radius 1 is 1.35 bits per heavy atom. The summed E-state index contributed by atoms with van der Waals surface area (Å²) >= 11 is 0. The lowest BCUT2D eigenvalue weighted by Crippen LogP contribution is -2.25. The van der Waals surface area contributed by atoms with E-state index in [-0.39, 0.29) is 18.2 Å². The van der Waals surface area contributed by atoms with E-state index in [4.69, 9.17) is 9.63 Å². The topological polar surface area (TPSA) is 105 Å². The zero-order valence-electron chi connectivity index (χ0n) is 11.9. The number of carbonyl (C=O) groups excluding carboxylic acids is 1. The molecule has 0 aliphatic rings. The van der Waals surface area contributed by atoms with Gasteiger partial charge in [0.1, 0.15) is 0 Å². The Morgan fingerprint density at radius 3 is 2.70 bits per heavy atom. The molecule has 2 N–H and O–H groups in total. The van der Waals surface area contributed by atoms with Crippen LogP contribution < -0.4 is 5.32 Å². The quantitative estimate of drug-likeness (QED) is 0.708. The summed E-state index contributed by atoms with van der Waals surface area (Å²) in [6.45, 7) is 4.27. The van der Waals surface area contributed by atoms with Crippen LogP contribution in [0.25, 0.3) is 0 Å². The Balaban J connectivity index is 2.09. The second kappa shape index (κ2) is 8.29. The van der Waals surface area contributed by atoms with Crippen molar-refractivity contribution in [1.29, 1.82) is 0 Å². The van der Waals surface area contributed by atoms with Crippen molar-refractivity contribution >= 4 is 11.9 Å². The molecule has 0 aliphatic carbocycles. The molecule has 112 valence electrons. The van der Waals surface area contributed by atoms with Gasteiger partial charge in [-0.2, -0.15) is 4.98 Å². The van der Waals surface area contributed by atoms with Gasteiger partial charge in [-0.05, 0) is 25.7 Å². The molecule has 7 nitrogen and oxygen atoms in total. The van der Waals surface area contributed by atoms with Crippen molar-refractivity contribution in [2.24, 2.45) is 5.92 Å². The summed E-state index contributed by atoms with van der Waals surface area (Å²) in [6, 6.07) is 0. The van der Waals surface area contributed by atoms with E-state index in [1.165, 1.54) is 0 Å². The number of amides is 1. The predicted molar refractivity (Wildman–Crippen MR) is 71.0 cm³/mol. The Hall–Kier alpha value is -1.92. The molecule has 1 amide bonds. The molecule has 20 heavy (non-hydrogen) atoms. The highest BCUT2D eigenvalue weighted by molar-refractivity contribution is 5.75. The first-order valence-corrected chi connectivity index (χ1v) is 6.75. The third kappa shape index (κ3) is 6.86.